The zero-order valence-electron chi connectivity index (χ0n) is 15.8. The van der Waals surface area contributed by atoms with Crippen molar-refractivity contribution in [3.8, 4) is 11.5 Å². The summed E-state index contributed by atoms with van der Waals surface area (Å²) in [4.78, 5) is 4.40. The number of rotatable bonds is 7. The summed E-state index contributed by atoms with van der Waals surface area (Å²) in [5, 5.41) is 3.12. The van der Waals surface area contributed by atoms with Gasteiger partial charge in [-0.1, -0.05) is 25.1 Å². The van der Waals surface area contributed by atoms with Gasteiger partial charge in [0.1, 0.15) is 0 Å². The zero-order chi connectivity index (χ0) is 18.2. The van der Waals surface area contributed by atoms with Gasteiger partial charge in [0.05, 0.1) is 13.7 Å². The SMILES string of the molecule is COc1ccccc1OCC(C)CN=C(N)Nc1ccc(C)c(C)c1.I. The van der Waals surface area contributed by atoms with Crippen molar-refractivity contribution in [2.75, 3.05) is 25.6 Å². The summed E-state index contributed by atoms with van der Waals surface area (Å²) >= 11 is 0. The molecule has 6 heteroatoms. The van der Waals surface area contributed by atoms with Gasteiger partial charge in [0, 0.05) is 18.2 Å². The van der Waals surface area contributed by atoms with E-state index in [1.165, 1.54) is 11.1 Å². The van der Waals surface area contributed by atoms with E-state index in [2.05, 4.69) is 43.2 Å². The van der Waals surface area contributed by atoms with Crippen LogP contribution in [0.5, 0.6) is 11.5 Å². The number of aliphatic imine (C=N–C) groups is 1. The second kappa shape index (κ2) is 10.9. The van der Waals surface area contributed by atoms with Gasteiger partial charge in [-0.15, -0.1) is 24.0 Å². The molecule has 0 heterocycles. The van der Waals surface area contributed by atoms with Crippen LogP contribution in [-0.4, -0.2) is 26.2 Å². The second-order valence-electron chi connectivity index (χ2n) is 6.22. The molecule has 0 bridgehead atoms. The molecule has 0 aliphatic carbocycles. The number of ether oxygens (including phenoxy) is 2. The molecule has 0 aliphatic rings. The molecular weight excluding hydrogens is 441 g/mol. The van der Waals surface area contributed by atoms with Crippen molar-refractivity contribution in [3.63, 3.8) is 0 Å². The summed E-state index contributed by atoms with van der Waals surface area (Å²) in [5.41, 5.74) is 9.39. The van der Waals surface area contributed by atoms with E-state index in [1.54, 1.807) is 7.11 Å². The molecule has 0 aromatic heterocycles. The highest BCUT2D eigenvalue weighted by atomic mass is 127. The summed E-state index contributed by atoms with van der Waals surface area (Å²) in [5.74, 6) is 2.11. The van der Waals surface area contributed by atoms with Gasteiger partial charge < -0.3 is 20.5 Å². The fourth-order valence-electron chi connectivity index (χ4n) is 2.28. The Morgan fingerprint density at radius 3 is 2.46 bits per heavy atom. The number of benzene rings is 2. The Balaban J connectivity index is 0.00000338. The Morgan fingerprint density at radius 2 is 1.81 bits per heavy atom. The molecule has 0 saturated heterocycles. The third-order valence-electron chi connectivity index (χ3n) is 3.95. The van der Waals surface area contributed by atoms with Crippen LogP contribution in [0.3, 0.4) is 0 Å². The van der Waals surface area contributed by atoms with E-state index in [1.807, 2.05) is 30.3 Å². The monoisotopic (exact) mass is 469 g/mol. The molecule has 0 spiro atoms. The molecule has 0 aliphatic heterocycles. The van der Waals surface area contributed by atoms with Gasteiger partial charge in [-0.2, -0.15) is 0 Å². The van der Waals surface area contributed by atoms with Gasteiger partial charge in [0.25, 0.3) is 0 Å². The molecule has 0 saturated carbocycles. The Labute approximate surface area is 173 Å². The number of hydrogen-bond donors (Lipinski definition) is 2. The lowest BCUT2D eigenvalue weighted by molar-refractivity contribution is 0.251. The number of nitrogens with one attached hydrogen (secondary N) is 1. The fourth-order valence-corrected chi connectivity index (χ4v) is 2.28. The number of anilines is 1. The van der Waals surface area contributed by atoms with E-state index in [-0.39, 0.29) is 29.9 Å². The van der Waals surface area contributed by atoms with Gasteiger partial charge in [-0.25, -0.2) is 0 Å². The average molecular weight is 469 g/mol. The number of nitrogens with two attached hydrogens (primary N) is 1. The maximum absolute atomic E-state index is 5.97. The standard InChI is InChI=1S/C20H27N3O2.HI/c1-14(13-25-19-8-6-5-7-18(19)24-4)12-22-20(21)23-17-10-9-15(2)16(3)11-17;/h5-11,14H,12-13H2,1-4H3,(H3,21,22,23);1H. The Morgan fingerprint density at radius 1 is 1.12 bits per heavy atom. The third kappa shape index (κ3) is 6.74. The normalized spacial score (nSPS) is 12.1. The highest BCUT2D eigenvalue weighted by Crippen LogP contribution is 2.26. The maximum Gasteiger partial charge on any atom is 0.193 e. The van der Waals surface area contributed by atoms with Crippen molar-refractivity contribution in [2.24, 2.45) is 16.6 Å². The molecule has 2 rings (SSSR count). The number of guanidine groups is 1. The van der Waals surface area contributed by atoms with Crippen molar-refractivity contribution < 1.29 is 9.47 Å². The van der Waals surface area contributed by atoms with Crippen LogP contribution in [0, 0.1) is 19.8 Å². The van der Waals surface area contributed by atoms with Gasteiger partial charge in [-0.3, -0.25) is 4.99 Å². The first-order valence-electron chi connectivity index (χ1n) is 8.39. The van der Waals surface area contributed by atoms with Crippen LogP contribution < -0.4 is 20.5 Å². The van der Waals surface area contributed by atoms with Crippen LogP contribution in [0.2, 0.25) is 0 Å². The Bertz CT molecular complexity index is 735. The van der Waals surface area contributed by atoms with E-state index in [9.17, 15) is 0 Å². The summed E-state index contributed by atoms with van der Waals surface area (Å²) in [6.07, 6.45) is 0. The molecule has 0 radical (unpaired) electrons. The minimum atomic E-state index is 0. The van der Waals surface area contributed by atoms with Crippen LogP contribution in [0.1, 0.15) is 18.1 Å². The van der Waals surface area contributed by atoms with Crippen LogP contribution in [0.4, 0.5) is 5.69 Å². The number of hydrogen-bond acceptors (Lipinski definition) is 3. The summed E-state index contributed by atoms with van der Waals surface area (Å²) in [7, 11) is 1.63. The van der Waals surface area contributed by atoms with Gasteiger partial charge in [0.2, 0.25) is 0 Å². The second-order valence-corrected chi connectivity index (χ2v) is 6.22. The fraction of sp³-hybridized carbons (Fsp3) is 0.350. The number of aryl methyl sites for hydroxylation is 2. The third-order valence-corrected chi connectivity index (χ3v) is 3.95. The van der Waals surface area contributed by atoms with Crippen molar-refractivity contribution in [3.05, 3.63) is 53.6 Å². The van der Waals surface area contributed by atoms with Crippen molar-refractivity contribution in [1.82, 2.24) is 0 Å². The van der Waals surface area contributed by atoms with Crippen LogP contribution in [0.25, 0.3) is 0 Å². The first kappa shape index (κ1) is 22.1. The van der Waals surface area contributed by atoms with Gasteiger partial charge >= 0.3 is 0 Å². The van der Waals surface area contributed by atoms with E-state index in [0.717, 1.165) is 17.2 Å². The van der Waals surface area contributed by atoms with E-state index >= 15 is 0 Å². The lowest BCUT2D eigenvalue weighted by Gasteiger charge is -2.14. The van der Waals surface area contributed by atoms with Crippen LogP contribution in [0.15, 0.2) is 47.5 Å². The Kier molecular flexibility index (Phi) is 9.26. The number of methoxy groups -OCH3 is 1. The predicted octanol–water partition coefficient (Wildman–Crippen LogP) is 4.37. The molecule has 0 fully saturated rings. The average Bonchev–Trinajstić information content (AvgIpc) is 2.61. The lowest BCUT2D eigenvalue weighted by atomic mass is 10.1. The molecule has 26 heavy (non-hydrogen) atoms. The van der Waals surface area contributed by atoms with Crippen molar-refractivity contribution in [2.45, 2.75) is 20.8 Å². The molecule has 1 atom stereocenters. The van der Waals surface area contributed by atoms with Gasteiger partial charge in [0.15, 0.2) is 17.5 Å². The summed E-state index contributed by atoms with van der Waals surface area (Å²) in [6.45, 7) is 7.35. The molecule has 0 amide bonds. The maximum atomic E-state index is 5.97. The first-order valence-corrected chi connectivity index (χ1v) is 8.39. The first-order chi connectivity index (χ1) is 12.0. The highest BCUT2D eigenvalue weighted by Gasteiger charge is 2.07. The van der Waals surface area contributed by atoms with E-state index in [0.29, 0.717) is 19.1 Å². The van der Waals surface area contributed by atoms with Gasteiger partial charge in [-0.05, 0) is 49.2 Å². The smallest absolute Gasteiger partial charge is 0.193 e. The lowest BCUT2D eigenvalue weighted by Crippen LogP contribution is -2.24. The zero-order valence-corrected chi connectivity index (χ0v) is 18.1. The predicted molar refractivity (Wildman–Crippen MR) is 119 cm³/mol. The molecule has 2 aromatic carbocycles. The number of halogens is 1. The minimum absolute atomic E-state index is 0. The minimum Gasteiger partial charge on any atom is -0.493 e. The number of nitrogens with zero attached hydrogens (tertiary/aromatic N) is 1. The quantitative estimate of drug-likeness (QED) is 0.359. The molecule has 5 nitrogen and oxygen atoms in total. The van der Waals surface area contributed by atoms with E-state index < -0.39 is 0 Å². The number of para-hydroxylation sites is 2. The molecule has 1 unspecified atom stereocenters. The molecule has 3 N–H and O–H groups in total. The largest absolute Gasteiger partial charge is 0.493 e. The molecule has 142 valence electrons. The van der Waals surface area contributed by atoms with Crippen molar-refractivity contribution in [1.29, 1.82) is 0 Å². The molecular formula is C20H28IN3O2. The summed E-state index contributed by atoms with van der Waals surface area (Å²) < 4.78 is 11.1. The Hall–Kier alpha value is -1.96. The molecule has 2 aromatic rings. The van der Waals surface area contributed by atoms with Crippen LogP contribution >= 0.6 is 24.0 Å². The topological polar surface area (TPSA) is 68.9 Å². The summed E-state index contributed by atoms with van der Waals surface area (Å²) in [6, 6.07) is 13.7. The van der Waals surface area contributed by atoms with Crippen molar-refractivity contribution >= 4 is 35.6 Å². The van der Waals surface area contributed by atoms with E-state index in [4.69, 9.17) is 15.2 Å². The van der Waals surface area contributed by atoms with Crippen LogP contribution in [-0.2, 0) is 0 Å². The highest BCUT2D eigenvalue weighted by molar-refractivity contribution is 14.0.